The highest BCUT2D eigenvalue weighted by Gasteiger charge is 2.25. The number of anilines is 1. The number of nitrogens with two attached hydrogens (primary N) is 1. The molecule has 0 saturated carbocycles. The van der Waals surface area contributed by atoms with Crippen molar-refractivity contribution in [2.75, 3.05) is 17.8 Å². The van der Waals surface area contributed by atoms with Crippen molar-refractivity contribution in [3.05, 3.63) is 29.6 Å². The van der Waals surface area contributed by atoms with Crippen LogP contribution in [0.3, 0.4) is 0 Å². The second-order valence-corrected chi connectivity index (χ2v) is 6.39. The average molecular weight is 316 g/mol. The first-order chi connectivity index (χ1) is 9.95. The number of benzene rings is 1. The molecule has 0 atom stereocenters. The van der Waals surface area contributed by atoms with Gasteiger partial charge < -0.3 is 10.9 Å². The Morgan fingerprint density at radius 3 is 2.62 bits per heavy atom. The summed E-state index contributed by atoms with van der Waals surface area (Å²) in [7, 11) is -3.79. The summed E-state index contributed by atoms with van der Waals surface area (Å²) in [6, 6.07) is 3.81. The van der Waals surface area contributed by atoms with Gasteiger partial charge >= 0.3 is 10.2 Å². The van der Waals surface area contributed by atoms with Crippen LogP contribution in [0.4, 0.5) is 10.1 Å². The summed E-state index contributed by atoms with van der Waals surface area (Å²) >= 11 is 0. The molecule has 7 nitrogen and oxygen atoms in total. The van der Waals surface area contributed by atoms with E-state index in [2.05, 4.69) is 9.88 Å². The average Bonchev–Trinajstić information content (AvgIpc) is 2.47. The van der Waals surface area contributed by atoms with Crippen LogP contribution in [0.25, 0.3) is 0 Å². The molecule has 1 aromatic rings. The third-order valence-corrected chi connectivity index (χ3v) is 4.79. The van der Waals surface area contributed by atoms with Gasteiger partial charge in [0.1, 0.15) is 5.82 Å². The zero-order chi connectivity index (χ0) is 15.5. The van der Waals surface area contributed by atoms with Crippen molar-refractivity contribution < 1.29 is 18.0 Å². The van der Waals surface area contributed by atoms with Crippen molar-refractivity contribution >= 4 is 21.7 Å². The minimum absolute atomic E-state index is 0.0594. The van der Waals surface area contributed by atoms with E-state index >= 15 is 0 Å². The van der Waals surface area contributed by atoms with Crippen LogP contribution in [-0.4, -0.2) is 36.9 Å². The molecule has 1 aliphatic rings. The molecule has 1 heterocycles. The molecular formula is C12H17FN4O3S. The first-order valence-corrected chi connectivity index (χ1v) is 7.94. The number of nitrogens with one attached hydrogen (secondary N) is 1. The van der Waals surface area contributed by atoms with Gasteiger partial charge in [-0.3, -0.25) is 4.72 Å². The Labute approximate surface area is 122 Å². The molecule has 0 spiro atoms. The van der Waals surface area contributed by atoms with Crippen LogP contribution in [-0.2, 0) is 10.2 Å². The Morgan fingerprint density at radius 1 is 1.33 bits per heavy atom. The smallest absolute Gasteiger partial charge is 0.301 e. The van der Waals surface area contributed by atoms with Crippen LogP contribution < -0.4 is 10.5 Å². The van der Waals surface area contributed by atoms with Gasteiger partial charge in [0.05, 0.1) is 11.3 Å². The number of nitrogens with zero attached hydrogens (tertiary/aromatic N) is 2. The predicted molar refractivity (Wildman–Crippen MR) is 76.9 cm³/mol. The summed E-state index contributed by atoms with van der Waals surface area (Å²) in [6.07, 6.45) is 2.57. The summed E-state index contributed by atoms with van der Waals surface area (Å²) in [5.41, 5.74) is 5.07. The fourth-order valence-electron chi connectivity index (χ4n) is 2.23. The highest BCUT2D eigenvalue weighted by molar-refractivity contribution is 7.90. The summed E-state index contributed by atoms with van der Waals surface area (Å²) in [4.78, 5) is 0. The Hall–Kier alpha value is -1.87. The van der Waals surface area contributed by atoms with Crippen molar-refractivity contribution in [1.82, 2.24) is 4.31 Å². The molecule has 1 aliphatic heterocycles. The van der Waals surface area contributed by atoms with Gasteiger partial charge in [0, 0.05) is 13.1 Å². The van der Waals surface area contributed by atoms with E-state index in [1.165, 1.54) is 16.4 Å². The van der Waals surface area contributed by atoms with Gasteiger partial charge in [-0.1, -0.05) is 17.6 Å². The number of rotatable bonds is 4. The van der Waals surface area contributed by atoms with Gasteiger partial charge in [-0.05, 0) is 25.0 Å². The van der Waals surface area contributed by atoms with E-state index in [4.69, 9.17) is 10.9 Å². The van der Waals surface area contributed by atoms with Crippen molar-refractivity contribution in [3.8, 4) is 0 Å². The molecule has 9 heteroatoms. The molecule has 0 aromatic heterocycles. The Morgan fingerprint density at radius 2 is 2.00 bits per heavy atom. The number of hydrogen-bond donors (Lipinski definition) is 3. The first-order valence-electron chi connectivity index (χ1n) is 6.50. The van der Waals surface area contributed by atoms with Gasteiger partial charge in [0.15, 0.2) is 5.84 Å². The maximum absolute atomic E-state index is 13.8. The van der Waals surface area contributed by atoms with Crippen LogP contribution >= 0.6 is 0 Å². The lowest BCUT2D eigenvalue weighted by molar-refractivity contribution is 0.318. The number of oxime groups is 1. The van der Waals surface area contributed by atoms with Crippen LogP contribution in [0.5, 0.6) is 0 Å². The van der Waals surface area contributed by atoms with Crippen molar-refractivity contribution in [3.63, 3.8) is 0 Å². The summed E-state index contributed by atoms with van der Waals surface area (Å²) in [5.74, 6) is -1.27. The number of amidine groups is 1. The Balaban J connectivity index is 2.33. The third kappa shape index (κ3) is 3.42. The van der Waals surface area contributed by atoms with E-state index in [-0.39, 0.29) is 11.3 Å². The molecule has 21 heavy (non-hydrogen) atoms. The van der Waals surface area contributed by atoms with Crippen LogP contribution in [0, 0.1) is 5.82 Å². The van der Waals surface area contributed by atoms with Gasteiger partial charge in [-0.25, -0.2) is 4.39 Å². The lowest BCUT2D eigenvalue weighted by atomic mass is 10.1. The van der Waals surface area contributed by atoms with Crippen molar-refractivity contribution in [1.29, 1.82) is 0 Å². The molecule has 4 N–H and O–H groups in total. The van der Waals surface area contributed by atoms with E-state index < -0.39 is 21.9 Å². The quantitative estimate of drug-likeness (QED) is 0.334. The largest absolute Gasteiger partial charge is 0.409 e. The number of hydrogen-bond acceptors (Lipinski definition) is 4. The highest BCUT2D eigenvalue weighted by atomic mass is 32.2. The maximum atomic E-state index is 13.8. The highest BCUT2D eigenvalue weighted by Crippen LogP contribution is 2.22. The lowest BCUT2D eigenvalue weighted by Gasteiger charge is -2.26. The summed E-state index contributed by atoms with van der Waals surface area (Å²) in [6.45, 7) is 0.840. The standard InChI is InChI=1S/C12H17FN4O3S/c13-9-5-4-6-10(11(9)12(14)15-18)16-21(19,20)17-7-2-1-3-8-17/h4-6,16,18H,1-3,7-8H2,(H2,14,15). The number of piperidine rings is 1. The minimum atomic E-state index is -3.79. The second kappa shape index (κ2) is 6.27. The Kier molecular flexibility index (Phi) is 4.63. The van der Waals surface area contributed by atoms with Gasteiger partial charge in [0.25, 0.3) is 0 Å². The molecule has 1 aromatic carbocycles. The van der Waals surface area contributed by atoms with Crippen molar-refractivity contribution in [2.24, 2.45) is 10.9 Å². The number of halogens is 1. The Bertz CT molecular complexity index is 642. The van der Waals surface area contributed by atoms with Crippen LogP contribution in [0.2, 0.25) is 0 Å². The second-order valence-electron chi connectivity index (χ2n) is 4.71. The molecule has 0 aliphatic carbocycles. The molecular weight excluding hydrogens is 299 g/mol. The predicted octanol–water partition coefficient (Wildman–Crippen LogP) is 1.06. The molecule has 2 rings (SSSR count). The molecule has 0 unspecified atom stereocenters. The fraction of sp³-hybridized carbons (Fsp3) is 0.417. The molecule has 1 saturated heterocycles. The van der Waals surface area contributed by atoms with E-state index in [0.29, 0.717) is 13.1 Å². The minimum Gasteiger partial charge on any atom is -0.409 e. The molecule has 1 fully saturated rings. The van der Waals surface area contributed by atoms with Crippen LogP contribution in [0.1, 0.15) is 24.8 Å². The monoisotopic (exact) mass is 316 g/mol. The van der Waals surface area contributed by atoms with Crippen molar-refractivity contribution in [2.45, 2.75) is 19.3 Å². The summed E-state index contributed by atoms with van der Waals surface area (Å²) in [5, 5.41) is 11.4. The van der Waals surface area contributed by atoms with Gasteiger partial charge in [-0.2, -0.15) is 12.7 Å². The maximum Gasteiger partial charge on any atom is 0.301 e. The summed E-state index contributed by atoms with van der Waals surface area (Å²) < 4.78 is 41.9. The topological polar surface area (TPSA) is 108 Å². The van der Waals surface area contributed by atoms with Gasteiger partial charge in [0.2, 0.25) is 0 Å². The lowest BCUT2D eigenvalue weighted by Crippen LogP contribution is -2.39. The normalized spacial score (nSPS) is 17.7. The SMILES string of the molecule is N/C(=N/O)c1c(F)cccc1NS(=O)(=O)N1CCCCC1. The van der Waals surface area contributed by atoms with Crippen LogP contribution in [0.15, 0.2) is 23.4 Å². The fourth-order valence-corrected chi connectivity index (χ4v) is 3.54. The van der Waals surface area contributed by atoms with Gasteiger partial charge in [-0.15, -0.1) is 0 Å². The van der Waals surface area contributed by atoms with E-state index in [1.807, 2.05) is 0 Å². The third-order valence-electron chi connectivity index (χ3n) is 3.27. The zero-order valence-electron chi connectivity index (χ0n) is 11.3. The molecule has 0 bridgehead atoms. The van der Waals surface area contributed by atoms with E-state index in [0.717, 1.165) is 25.3 Å². The molecule has 0 amide bonds. The zero-order valence-corrected chi connectivity index (χ0v) is 12.1. The first kappa shape index (κ1) is 15.5. The molecule has 116 valence electrons. The van der Waals surface area contributed by atoms with E-state index in [1.54, 1.807) is 0 Å². The van der Waals surface area contributed by atoms with E-state index in [9.17, 15) is 12.8 Å². The molecule has 0 radical (unpaired) electrons.